The third kappa shape index (κ3) is 25.4. The molecule has 42 heteroatoms. The summed E-state index contributed by atoms with van der Waals surface area (Å²) in [7, 11) is 0. The molecule has 25 nitrogen and oxygen atoms in total. The minimum Gasteiger partial charge on any atom is -0.472 e. The molecule has 0 spiro atoms. The number of furan rings is 1. The van der Waals surface area contributed by atoms with Crippen molar-refractivity contribution in [3.63, 3.8) is 0 Å². The van der Waals surface area contributed by atoms with Gasteiger partial charge in [0.2, 0.25) is 0 Å². The molecule has 5 amide bonds. The predicted octanol–water partition coefficient (Wildman–Crippen LogP) is 22.4. The van der Waals surface area contributed by atoms with Gasteiger partial charge in [-0.2, -0.15) is 71.0 Å². The van der Waals surface area contributed by atoms with E-state index in [2.05, 4.69) is 71.7 Å². The first-order valence-electron chi connectivity index (χ1n) is 45.3. The maximum atomic E-state index is 13.7. The zero-order chi connectivity index (χ0) is 102. The number of H-pyrrole nitrogens is 2. The average Bonchev–Trinajstić information content (AvgIpc) is 1.72. The van der Waals surface area contributed by atoms with Crippen LogP contribution in [-0.4, -0.2) is 127 Å². The topological polar surface area (TPSA) is 334 Å². The van der Waals surface area contributed by atoms with Gasteiger partial charge in [-0.05, 0) is 268 Å². The summed E-state index contributed by atoms with van der Waals surface area (Å²) in [6.07, 6.45) is -8.41. The molecular formula is C102H88ClF15N14O11S. The van der Waals surface area contributed by atoms with Gasteiger partial charge in [-0.15, -0.1) is 11.3 Å². The molecule has 10 aromatic heterocycles. The van der Waals surface area contributed by atoms with Gasteiger partial charge in [-0.3, -0.25) is 43.8 Å². The number of aromatic nitrogens is 9. The Kier molecular flexibility index (Phi) is 30.8. The van der Waals surface area contributed by atoms with Crippen LogP contribution in [0.5, 0.6) is 0 Å². The zero-order valence-corrected chi connectivity index (χ0v) is 78.4. The number of halogens is 16. The molecule has 3 aliphatic carbocycles. The van der Waals surface area contributed by atoms with E-state index in [1.54, 1.807) is 81.7 Å². The van der Waals surface area contributed by atoms with Crippen LogP contribution in [0, 0.1) is 27.7 Å². The highest BCUT2D eigenvalue weighted by Gasteiger charge is 2.42. The van der Waals surface area contributed by atoms with Crippen molar-refractivity contribution < 1.29 is 113 Å². The summed E-state index contributed by atoms with van der Waals surface area (Å²) in [5, 5.41) is 22.5. The lowest BCUT2D eigenvalue weighted by atomic mass is 9.98. The third-order valence-corrected chi connectivity index (χ3v) is 25.2. The van der Waals surface area contributed by atoms with Crippen LogP contribution >= 0.6 is 22.9 Å². The number of carbonyl (C=O) groups is 5. The SMILES string of the molecule is Cc1cc(C(=O)NCC2OCCCO2)nc2c(C(F)(F)F)cc(C3CC3)cc12.Cc1cc(C(=O)NCC2OCCCO2)nc2c(C(F)(F)F)cc(C3CC3)cc12.Cc1ccc(CNC(=O)c2cc(C)c3cc(C4CC4)cc(C(F)(F)F)c3n2)nc1.O=C(NCc1ccccn1)c1cc(=O)c2cc(-c3cn[nH]c3)cc(C(F)(F)F)c2[nH]1.O=C(NCc1cccs1)c1cc(Cl)c2cc(-c3ccoc3)cc(C(F)(F)F)c2n1. The monoisotopic (exact) mass is 2040 g/mol. The number of ether oxygens (including phenoxy) is 4. The van der Waals surface area contributed by atoms with Crippen molar-refractivity contribution in [1.29, 1.82) is 0 Å². The molecule has 12 heterocycles. The Morgan fingerprint density at radius 2 is 0.868 bits per heavy atom. The molecule has 0 atom stereocenters. The van der Waals surface area contributed by atoms with E-state index in [9.17, 15) is 94.6 Å². The molecule has 7 N–H and O–H groups in total. The van der Waals surface area contributed by atoms with Gasteiger partial charge in [0.1, 0.15) is 28.5 Å². The molecule has 5 aliphatic rings. The van der Waals surface area contributed by atoms with E-state index in [0.29, 0.717) is 98.5 Å². The molecule has 15 aromatic rings. The van der Waals surface area contributed by atoms with Crippen LogP contribution in [0.15, 0.2) is 191 Å². The maximum Gasteiger partial charge on any atom is 0.418 e. The number of amides is 5. The second-order valence-electron chi connectivity index (χ2n) is 34.8. The Balaban J connectivity index is 0.000000129. The van der Waals surface area contributed by atoms with Crippen molar-refractivity contribution in [3.05, 3.63) is 309 Å². The molecule has 20 rings (SSSR count). The molecule has 5 aromatic carbocycles. The lowest BCUT2D eigenvalue weighted by Gasteiger charge is -2.23. The van der Waals surface area contributed by atoms with Gasteiger partial charge >= 0.3 is 30.9 Å². The number of alkyl halides is 15. The first-order chi connectivity index (χ1) is 68.5. The van der Waals surface area contributed by atoms with Gasteiger partial charge in [0, 0.05) is 67.6 Å². The number of aromatic amines is 2. The average molecular weight is 2040 g/mol. The van der Waals surface area contributed by atoms with Gasteiger partial charge in [0.05, 0.1) is 150 Å². The summed E-state index contributed by atoms with van der Waals surface area (Å²) in [5.41, 5.74) is 0.361. The second-order valence-corrected chi connectivity index (χ2v) is 36.3. The van der Waals surface area contributed by atoms with Crippen molar-refractivity contribution in [3.8, 4) is 22.3 Å². The molecule has 5 fully saturated rings. The van der Waals surface area contributed by atoms with E-state index in [4.69, 9.17) is 35.0 Å². The van der Waals surface area contributed by atoms with Gasteiger partial charge in [0.25, 0.3) is 29.5 Å². The summed E-state index contributed by atoms with van der Waals surface area (Å²) < 4.78 is 232. The second kappa shape index (κ2) is 43.2. The Morgan fingerprint density at radius 3 is 1.29 bits per heavy atom. The largest absolute Gasteiger partial charge is 0.472 e. The number of nitrogens with zero attached hydrogens (tertiary/aromatic N) is 7. The first kappa shape index (κ1) is 103. The molecule has 0 radical (unpaired) electrons. The number of fused-ring (bicyclic) bond motifs is 5. The Hall–Kier alpha value is -14.1. The number of hydrogen-bond acceptors (Lipinski definition) is 19. The van der Waals surface area contributed by atoms with Crippen molar-refractivity contribution in [2.24, 2.45) is 0 Å². The predicted molar refractivity (Wildman–Crippen MR) is 503 cm³/mol. The van der Waals surface area contributed by atoms with Gasteiger partial charge in [-0.25, -0.2) is 19.9 Å². The Bertz CT molecular complexity index is 7190. The van der Waals surface area contributed by atoms with E-state index in [1.807, 2.05) is 30.5 Å². The standard InChI is InChI=1S/C22H20F3N3O.C20H12ClF3N2O2S.C20H14F3N5O2.2C20H21F3N2O3/c1-12-3-6-16(26-10-12)11-27-21(29)19-7-13(2)17-8-15(14-4-5-14)9-18(20(17)28-19)22(23,24)25;21-16-8-17(19(27)25-9-13-2-1-5-29-13)26-18-14(16)6-12(11-3-4-28-10-11)7-15(18)20(22,23)24;21-20(22,23)15-6-11(12-8-26-27-9-12)5-14-17(29)7-16(28-18(14)15)19(30)25-10-13-3-1-2-4-24-13;2*1-11-7-16(19(26)24-10-17-27-5-2-6-28-17)25-18-14(11)8-13(12-3-4-12)9-15(18)20(21,22)23/h3,6-10,14H,4-5,11H2,1-2H3,(H,27,29);1-8,10H,9H2,(H,25,27);1-9H,10H2,(H,25,30)(H,26,27)(H,28,29);2*7-9,12,17H,2-6,10H2,1H3,(H,24,26). The summed E-state index contributed by atoms with van der Waals surface area (Å²) in [6.45, 7) is 9.92. The smallest absolute Gasteiger partial charge is 0.418 e. The zero-order valence-electron chi connectivity index (χ0n) is 76.8. The van der Waals surface area contributed by atoms with Crippen molar-refractivity contribution >= 4 is 107 Å². The molecular weight excluding hydrogens is 1950 g/mol. The number of thiophene rings is 1. The van der Waals surface area contributed by atoms with Gasteiger partial charge in [0.15, 0.2) is 18.0 Å². The highest BCUT2D eigenvalue weighted by atomic mass is 35.5. The summed E-state index contributed by atoms with van der Waals surface area (Å²) in [5.74, 6) is -2.40. The minimum absolute atomic E-state index is 0.00659. The van der Waals surface area contributed by atoms with E-state index in [0.717, 1.165) is 80.0 Å². The van der Waals surface area contributed by atoms with Crippen LogP contribution in [0.25, 0.3) is 76.8 Å². The van der Waals surface area contributed by atoms with E-state index < -0.39 is 112 Å². The third-order valence-electron chi connectivity index (χ3n) is 24.0. The summed E-state index contributed by atoms with van der Waals surface area (Å²) in [4.78, 5) is 103. The van der Waals surface area contributed by atoms with Crippen LogP contribution in [0.4, 0.5) is 65.9 Å². The highest BCUT2D eigenvalue weighted by Crippen LogP contribution is 2.49. The fourth-order valence-corrected chi connectivity index (χ4v) is 17.0. The number of carbonyl (C=O) groups excluding carboxylic acids is 5. The molecule has 0 unspecified atom stereocenters. The fourth-order valence-electron chi connectivity index (χ4n) is 16.1. The lowest BCUT2D eigenvalue weighted by Crippen LogP contribution is -2.38. The number of nitrogens with one attached hydrogen (secondary N) is 7. The number of benzene rings is 5. The van der Waals surface area contributed by atoms with Crippen LogP contribution in [-0.2, 0) is 69.5 Å². The quantitative estimate of drug-likeness (QED) is 0.0349. The highest BCUT2D eigenvalue weighted by molar-refractivity contribution is 7.09. The number of aryl methyl sites for hydroxylation is 4. The van der Waals surface area contributed by atoms with Crippen LogP contribution in [0.2, 0.25) is 5.02 Å². The molecule has 2 saturated heterocycles. The van der Waals surface area contributed by atoms with Crippen LogP contribution in [0.1, 0.15) is 205 Å². The maximum absolute atomic E-state index is 13.7. The van der Waals surface area contributed by atoms with Crippen molar-refractivity contribution in [2.75, 3.05) is 39.5 Å². The molecule has 750 valence electrons. The number of pyridine rings is 7. The van der Waals surface area contributed by atoms with E-state index in [-0.39, 0.29) is 128 Å². The molecule has 2 aliphatic heterocycles. The normalized spacial score (nSPS) is 14.8. The van der Waals surface area contributed by atoms with E-state index in [1.165, 1.54) is 90.9 Å². The van der Waals surface area contributed by atoms with Crippen LogP contribution in [0.3, 0.4) is 0 Å². The summed E-state index contributed by atoms with van der Waals surface area (Å²) >= 11 is 7.71. The number of rotatable bonds is 20. The minimum atomic E-state index is -4.75. The first-order valence-corrected chi connectivity index (χ1v) is 46.6. The van der Waals surface area contributed by atoms with Crippen molar-refractivity contribution in [2.45, 2.75) is 160 Å². The summed E-state index contributed by atoms with van der Waals surface area (Å²) in [6, 6.07) is 34.5. The molecule has 3 saturated carbocycles. The van der Waals surface area contributed by atoms with E-state index >= 15 is 0 Å². The molecule has 0 bridgehead atoms. The Labute approximate surface area is 818 Å². The Morgan fingerprint density at radius 1 is 0.431 bits per heavy atom. The van der Waals surface area contributed by atoms with Crippen molar-refractivity contribution in [1.82, 2.24) is 71.7 Å². The van der Waals surface area contributed by atoms with Gasteiger partial charge in [-0.1, -0.05) is 29.8 Å². The van der Waals surface area contributed by atoms with Gasteiger partial charge < -0.3 is 54.9 Å². The molecule has 144 heavy (non-hydrogen) atoms. The number of hydrogen-bond donors (Lipinski definition) is 7. The fraction of sp³-hybridized carbons (Fsp3) is 0.304. The van der Waals surface area contributed by atoms with Crippen LogP contribution < -0.4 is 32.0 Å². The lowest BCUT2D eigenvalue weighted by molar-refractivity contribution is -0.174.